The lowest BCUT2D eigenvalue weighted by Crippen LogP contribution is -2.32. The van der Waals surface area contributed by atoms with E-state index in [1.807, 2.05) is 28.8 Å². The van der Waals surface area contributed by atoms with Crippen LogP contribution < -0.4 is 11.0 Å². The highest BCUT2D eigenvalue weighted by Crippen LogP contribution is 2.35. The van der Waals surface area contributed by atoms with Crippen molar-refractivity contribution in [2.75, 3.05) is 5.32 Å². The fraction of sp³-hybridized carbons (Fsp3) is 0.389. The van der Waals surface area contributed by atoms with Gasteiger partial charge in [-0.2, -0.15) is 0 Å². The van der Waals surface area contributed by atoms with Crippen LogP contribution in [0.15, 0.2) is 33.5 Å². The summed E-state index contributed by atoms with van der Waals surface area (Å²) in [6.45, 7) is 5.51. The van der Waals surface area contributed by atoms with Crippen molar-refractivity contribution in [3.63, 3.8) is 0 Å². The summed E-state index contributed by atoms with van der Waals surface area (Å²) in [7, 11) is 0. The summed E-state index contributed by atoms with van der Waals surface area (Å²) in [6, 6.07) is 8.14. The topological polar surface area (TPSA) is 64.7 Å². The fourth-order valence-electron chi connectivity index (χ4n) is 3.34. The molecule has 3 heterocycles. The number of halogens is 2. The van der Waals surface area contributed by atoms with Crippen molar-refractivity contribution in [1.29, 1.82) is 0 Å². The van der Waals surface area contributed by atoms with Crippen LogP contribution in [0.4, 0.5) is 5.82 Å². The maximum atomic E-state index is 12.9. The molecule has 3 aliphatic heterocycles. The minimum atomic E-state index is -0.00798. The molecule has 1 N–H and O–H groups in total. The normalized spacial score (nSPS) is 15.6. The molecule has 26 heavy (non-hydrogen) atoms. The van der Waals surface area contributed by atoms with E-state index in [2.05, 4.69) is 35.1 Å². The molecule has 8 heteroatoms. The third-order valence-electron chi connectivity index (χ3n) is 4.65. The van der Waals surface area contributed by atoms with E-state index in [0.29, 0.717) is 24.7 Å². The van der Waals surface area contributed by atoms with Gasteiger partial charge in [0.15, 0.2) is 11.6 Å². The van der Waals surface area contributed by atoms with Gasteiger partial charge in [-0.05, 0) is 18.9 Å². The Morgan fingerprint density at radius 2 is 2.04 bits per heavy atom. The van der Waals surface area contributed by atoms with Crippen molar-refractivity contribution >= 4 is 34.2 Å². The van der Waals surface area contributed by atoms with Crippen LogP contribution in [-0.4, -0.2) is 25.1 Å². The Morgan fingerprint density at radius 3 is 2.73 bits per heavy atom. The first-order valence-electron chi connectivity index (χ1n) is 8.66. The zero-order chi connectivity index (χ0) is 17.6. The van der Waals surface area contributed by atoms with Gasteiger partial charge in [0.1, 0.15) is 11.5 Å². The molecule has 1 atom stereocenters. The summed E-state index contributed by atoms with van der Waals surface area (Å²) in [5.41, 5.74) is 1.69. The molecular formula is C18H21BrClN5O. The van der Waals surface area contributed by atoms with Crippen LogP contribution in [0.3, 0.4) is 0 Å². The summed E-state index contributed by atoms with van der Waals surface area (Å²) in [4.78, 5) is 22.5. The summed E-state index contributed by atoms with van der Waals surface area (Å²) < 4.78 is 4.51. The number of hydrogen-bond acceptors (Lipinski definition) is 4. The lowest BCUT2D eigenvalue weighted by molar-refractivity contribution is 0.556. The smallest absolute Gasteiger partial charge is 0.331 e. The van der Waals surface area contributed by atoms with Gasteiger partial charge < -0.3 is 5.32 Å². The first-order valence-corrected chi connectivity index (χ1v) is 9.45. The molecule has 0 bridgehead atoms. The number of imidazole rings is 1. The second-order valence-corrected chi connectivity index (χ2v) is 7.20. The van der Waals surface area contributed by atoms with Crippen LogP contribution in [0, 0.1) is 0 Å². The molecule has 138 valence electrons. The summed E-state index contributed by atoms with van der Waals surface area (Å²) in [6.07, 6.45) is 1.83. The molecule has 0 amide bonds. The first kappa shape index (κ1) is 18.9. The van der Waals surface area contributed by atoms with E-state index in [-0.39, 0.29) is 24.1 Å². The largest absolute Gasteiger partial charge is 0.365 e. The van der Waals surface area contributed by atoms with E-state index in [1.165, 1.54) is 0 Å². The zero-order valence-corrected chi connectivity index (χ0v) is 17.1. The summed E-state index contributed by atoms with van der Waals surface area (Å²) >= 11 is 3.57. The lowest BCUT2D eigenvalue weighted by Gasteiger charge is -2.13. The standard InChI is InChI=1S/C18H20BrN5O.ClH/c1-3-9-23-17-14(16-20-11(4-2)10-24(16)18(23)25)21-15(22-17)12-7-5-6-8-13(12)19;/h5-8,11,20H,3-4,9-10H2,1-2H3;1H. The molecule has 0 aromatic heterocycles. The third kappa shape index (κ3) is 2.93. The second kappa shape index (κ2) is 7.40. The molecule has 0 spiro atoms. The SMILES string of the molecule is CCCn1c2nc(-c3ccccc3Br)nc-2c2n(c1=O)CC(CC)N2.Cl. The molecule has 0 fully saturated rings. The van der Waals surface area contributed by atoms with E-state index < -0.39 is 0 Å². The molecule has 4 rings (SSSR count). The molecule has 1 aromatic rings. The fourth-order valence-corrected chi connectivity index (χ4v) is 3.80. The molecule has 1 aromatic carbocycles. The van der Waals surface area contributed by atoms with Gasteiger partial charge in [0.05, 0.1) is 0 Å². The molecular weight excluding hydrogens is 418 g/mol. The van der Waals surface area contributed by atoms with Crippen LogP contribution in [0.25, 0.3) is 22.9 Å². The third-order valence-corrected chi connectivity index (χ3v) is 5.34. The number of hydrogen-bond donors (Lipinski definition) is 1. The Hall–Kier alpha value is -1.86. The van der Waals surface area contributed by atoms with E-state index in [9.17, 15) is 4.79 Å². The quantitative estimate of drug-likeness (QED) is 0.668. The van der Waals surface area contributed by atoms with Gasteiger partial charge in [-0.3, -0.25) is 9.13 Å². The van der Waals surface area contributed by atoms with Crippen LogP contribution in [0.5, 0.6) is 0 Å². The summed E-state index contributed by atoms with van der Waals surface area (Å²) in [5.74, 6) is 2.10. The maximum absolute atomic E-state index is 12.9. The van der Waals surface area contributed by atoms with Gasteiger partial charge in [0.2, 0.25) is 0 Å². The monoisotopic (exact) mass is 437 g/mol. The lowest BCUT2D eigenvalue weighted by atomic mass is 10.2. The van der Waals surface area contributed by atoms with E-state index in [1.54, 1.807) is 4.57 Å². The Kier molecular flexibility index (Phi) is 5.39. The minimum absolute atomic E-state index is 0. The van der Waals surface area contributed by atoms with Crippen molar-refractivity contribution < 1.29 is 0 Å². The molecule has 0 aliphatic carbocycles. The maximum Gasteiger partial charge on any atom is 0.331 e. The van der Waals surface area contributed by atoms with Crippen LogP contribution in [-0.2, 0) is 13.1 Å². The van der Waals surface area contributed by atoms with Crippen molar-refractivity contribution in [2.24, 2.45) is 0 Å². The Balaban J connectivity index is 0.00000196. The molecule has 0 saturated carbocycles. The van der Waals surface area contributed by atoms with Gasteiger partial charge in [0.25, 0.3) is 0 Å². The van der Waals surface area contributed by atoms with E-state index in [4.69, 9.17) is 9.97 Å². The van der Waals surface area contributed by atoms with E-state index in [0.717, 1.165) is 34.4 Å². The molecule has 1 unspecified atom stereocenters. The molecule has 6 nitrogen and oxygen atoms in total. The number of rotatable bonds is 4. The van der Waals surface area contributed by atoms with Gasteiger partial charge in [-0.1, -0.05) is 48.0 Å². The highest BCUT2D eigenvalue weighted by atomic mass is 79.9. The second-order valence-electron chi connectivity index (χ2n) is 6.34. The van der Waals surface area contributed by atoms with Crippen LogP contribution >= 0.6 is 28.3 Å². The van der Waals surface area contributed by atoms with Crippen molar-refractivity contribution in [1.82, 2.24) is 19.1 Å². The van der Waals surface area contributed by atoms with Crippen molar-refractivity contribution in [3.8, 4) is 22.9 Å². The Bertz CT molecular complexity index is 967. The molecule has 0 saturated heterocycles. The first-order chi connectivity index (χ1) is 12.1. The number of fused-ring (bicyclic) bond motifs is 3. The summed E-state index contributed by atoms with van der Waals surface area (Å²) in [5, 5.41) is 3.45. The average molecular weight is 439 g/mol. The Labute approximate surface area is 166 Å². The number of aromatic nitrogens is 4. The predicted molar refractivity (Wildman–Crippen MR) is 109 cm³/mol. The predicted octanol–water partition coefficient (Wildman–Crippen LogP) is 4.01. The highest BCUT2D eigenvalue weighted by molar-refractivity contribution is 9.10. The van der Waals surface area contributed by atoms with Crippen LogP contribution in [0.2, 0.25) is 0 Å². The number of anilines is 1. The molecule has 3 aliphatic rings. The number of nitrogens with one attached hydrogen (secondary N) is 1. The van der Waals surface area contributed by atoms with Crippen LogP contribution in [0.1, 0.15) is 26.7 Å². The van der Waals surface area contributed by atoms with Gasteiger partial charge >= 0.3 is 5.69 Å². The van der Waals surface area contributed by atoms with Gasteiger partial charge in [0, 0.05) is 29.2 Å². The van der Waals surface area contributed by atoms with Crippen molar-refractivity contribution in [2.45, 2.75) is 45.8 Å². The minimum Gasteiger partial charge on any atom is -0.365 e. The number of nitrogens with zero attached hydrogens (tertiary/aromatic N) is 4. The van der Waals surface area contributed by atoms with E-state index >= 15 is 0 Å². The van der Waals surface area contributed by atoms with Gasteiger partial charge in [-0.25, -0.2) is 14.8 Å². The number of benzene rings is 1. The van der Waals surface area contributed by atoms with Crippen molar-refractivity contribution in [3.05, 3.63) is 39.2 Å². The van der Waals surface area contributed by atoms with Gasteiger partial charge in [-0.15, -0.1) is 12.4 Å². The average Bonchev–Trinajstić information content (AvgIpc) is 3.23. The highest BCUT2D eigenvalue weighted by Gasteiger charge is 2.31. The Morgan fingerprint density at radius 1 is 1.27 bits per heavy atom. The molecule has 0 radical (unpaired) electrons. The zero-order valence-electron chi connectivity index (χ0n) is 14.7.